The second kappa shape index (κ2) is 9.35. The molecule has 0 saturated heterocycles. The Labute approximate surface area is 186 Å². The Morgan fingerprint density at radius 1 is 1.10 bits per heavy atom. The number of amides is 2. The maximum Gasteiger partial charge on any atom is 0.272 e. The molecule has 1 aliphatic heterocycles. The minimum absolute atomic E-state index is 0.0910. The highest BCUT2D eigenvalue weighted by Crippen LogP contribution is 2.17. The number of fused-ring (bicyclic) bond motifs is 1. The van der Waals surface area contributed by atoms with Gasteiger partial charge in [0, 0.05) is 37.3 Å². The Morgan fingerprint density at radius 2 is 1.90 bits per heavy atom. The number of rotatable bonds is 6. The van der Waals surface area contributed by atoms with Gasteiger partial charge in [0.1, 0.15) is 5.69 Å². The molecule has 0 unspecified atom stereocenters. The van der Waals surface area contributed by atoms with Crippen LogP contribution in [0.15, 0.2) is 54.6 Å². The highest BCUT2D eigenvalue weighted by atomic mass is 35.5. The number of hydrogen-bond acceptors (Lipinski definition) is 3. The van der Waals surface area contributed by atoms with E-state index in [-0.39, 0.29) is 17.5 Å². The fraction of sp³-hybridized carbons (Fsp3) is 0.292. The Hall–Kier alpha value is -3.12. The number of hydrogen-bond donors (Lipinski definition) is 1. The molecule has 1 aliphatic rings. The second-order valence-electron chi connectivity index (χ2n) is 7.84. The first kappa shape index (κ1) is 21.1. The molecule has 1 aromatic heterocycles. The average molecular weight is 437 g/mol. The van der Waals surface area contributed by atoms with Crippen LogP contribution in [0, 0.1) is 6.92 Å². The van der Waals surface area contributed by atoms with Gasteiger partial charge in [-0.15, -0.1) is 0 Å². The molecule has 6 nitrogen and oxygen atoms in total. The molecule has 0 spiro atoms. The molecule has 0 radical (unpaired) electrons. The Bertz CT molecular complexity index is 1090. The Balaban J connectivity index is 1.41. The van der Waals surface area contributed by atoms with E-state index in [1.54, 1.807) is 10.7 Å². The molecule has 0 aliphatic carbocycles. The smallest absolute Gasteiger partial charge is 0.272 e. The molecule has 3 aromatic rings. The fourth-order valence-corrected chi connectivity index (χ4v) is 3.91. The number of nitrogens with zero attached hydrogens (tertiary/aromatic N) is 3. The van der Waals surface area contributed by atoms with Gasteiger partial charge in [-0.1, -0.05) is 53.6 Å². The molecular weight excluding hydrogens is 412 g/mol. The van der Waals surface area contributed by atoms with Crippen molar-refractivity contribution in [1.82, 2.24) is 20.0 Å². The van der Waals surface area contributed by atoms with Crippen molar-refractivity contribution in [3.63, 3.8) is 0 Å². The summed E-state index contributed by atoms with van der Waals surface area (Å²) < 4.78 is 1.66. The highest BCUT2D eigenvalue weighted by molar-refractivity contribution is 6.30. The van der Waals surface area contributed by atoms with Crippen LogP contribution in [0.25, 0.3) is 0 Å². The third-order valence-electron chi connectivity index (χ3n) is 5.39. The monoisotopic (exact) mass is 436 g/mol. The van der Waals surface area contributed by atoms with Crippen LogP contribution in [0.1, 0.15) is 44.1 Å². The first-order valence-electron chi connectivity index (χ1n) is 10.4. The van der Waals surface area contributed by atoms with Crippen molar-refractivity contribution in [2.75, 3.05) is 13.1 Å². The van der Waals surface area contributed by atoms with Crippen LogP contribution in [0.2, 0.25) is 5.02 Å². The molecule has 160 valence electrons. The molecule has 4 rings (SSSR count). The molecule has 0 fully saturated rings. The van der Waals surface area contributed by atoms with Crippen molar-refractivity contribution in [3.8, 4) is 0 Å². The zero-order valence-electron chi connectivity index (χ0n) is 17.5. The lowest BCUT2D eigenvalue weighted by Crippen LogP contribution is -2.30. The fourth-order valence-electron chi connectivity index (χ4n) is 3.79. The first-order valence-corrected chi connectivity index (χ1v) is 10.8. The van der Waals surface area contributed by atoms with Gasteiger partial charge in [0.25, 0.3) is 11.8 Å². The molecule has 2 aromatic carbocycles. The Kier molecular flexibility index (Phi) is 6.37. The summed E-state index contributed by atoms with van der Waals surface area (Å²) in [6.07, 6.45) is 1.49. The van der Waals surface area contributed by atoms with Crippen molar-refractivity contribution >= 4 is 23.4 Å². The van der Waals surface area contributed by atoms with Crippen molar-refractivity contribution < 1.29 is 9.59 Å². The van der Waals surface area contributed by atoms with Gasteiger partial charge >= 0.3 is 0 Å². The molecule has 31 heavy (non-hydrogen) atoms. The lowest BCUT2D eigenvalue weighted by atomic mass is 10.1. The Morgan fingerprint density at radius 3 is 2.68 bits per heavy atom. The predicted molar refractivity (Wildman–Crippen MR) is 120 cm³/mol. The molecule has 2 heterocycles. The van der Waals surface area contributed by atoms with Gasteiger partial charge in [-0.3, -0.25) is 14.3 Å². The lowest BCUT2D eigenvalue weighted by Gasteiger charge is -2.20. The summed E-state index contributed by atoms with van der Waals surface area (Å²) in [7, 11) is 0. The van der Waals surface area contributed by atoms with Crippen LogP contribution in [0.4, 0.5) is 0 Å². The zero-order valence-corrected chi connectivity index (χ0v) is 18.2. The van der Waals surface area contributed by atoms with E-state index in [0.29, 0.717) is 43.3 Å². The summed E-state index contributed by atoms with van der Waals surface area (Å²) in [5.74, 6) is -0.362. The van der Waals surface area contributed by atoms with Crippen LogP contribution >= 0.6 is 11.6 Å². The number of aromatic nitrogens is 2. The molecular formula is C24H25ClN4O2. The quantitative estimate of drug-likeness (QED) is 0.638. The summed E-state index contributed by atoms with van der Waals surface area (Å²) in [6, 6.07) is 17.3. The number of benzene rings is 2. The third kappa shape index (κ3) is 5.14. The van der Waals surface area contributed by atoms with E-state index in [1.165, 1.54) is 5.56 Å². The van der Waals surface area contributed by atoms with Crippen molar-refractivity contribution in [2.45, 2.75) is 32.9 Å². The van der Waals surface area contributed by atoms with Gasteiger partial charge < -0.3 is 10.2 Å². The van der Waals surface area contributed by atoms with Crippen LogP contribution in [0.3, 0.4) is 0 Å². The maximum atomic E-state index is 13.1. The van der Waals surface area contributed by atoms with E-state index in [9.17, 15) is 9.59 Å². The second-order valence-corrected chi connectivity index (χ2v) is 8.28. The highest BCUT2D eigenvalue weighted by Gasteiger charge is 2.26. The number of carbonyl (C=O) groups is 2. The van der Waals surface area contributed by atoms with Crippen LogP contribution in [0.5, 0.6) is 0 Å². The topological polar surface area (TPSA) is 67.2 Å². The van der Waals surface area contributed by atoms with Gasteiger partial charge in [-0.05, 0) is 43.0 Å². The summed E-state index contributed by atoms with van der Waals surface area (Å²) >= 11 is 5.90. The van der Waals surface area contributed by atoms with E-state index in [1.807, 2.05) is 54.3 Å². The number of carbonyl (C=O) groups excluding carboxylic acids is 2. The molecule has 0 atom stereocenters. The predicted octanol–water partition coefficient (Wildman–Crippen LogP) is 3.86. The van der Waals surface area contributed by atoms with E-state index in [0.717, 1.165) is 17.5 Å². The van der Waals surface area contributed by atoms with E-state index in [2.05, 4.69) is 16.5 Å². The maximum absolute atomic E-state index is 13.1. The number of nitrogens with one attached hydrogen (secondary N) is 1. The summed E-state index contributed by atoms with van der Waals surface area (Å²) in [5, 5.41) is 7.97. The summed E-state index contributed by atoms with van der Waals surface area (Å²) in [6.45, 7) is 4.35. The minimum atomic E-state index is -0.271. The first-order chi connectivity index (χ1) is 15.0. The molecule has 1 N–H and O–H groups in total. The number of halogens is 1. The summed E-state index contributed by atoms with van der Waals surface area (Å²) in [4.78, 5) is 27.5. The van der Waals surface area contributed by atoms with Gasteiger partial charge in [-0.2, -0.15) is 5.10 Å². The zero-order chi connectivity index (χ0) is 21.8. The van der Waals surface area contributed by atoms with Crippen molar-refractivity contribution in [2.24, 2.45) is 0 Å². The van der Waals surface area contributed by atoms with Gasteiger partial charge in [0.2, 0.25) is 0 Å². The molecule has 7 heteroatoms. The molecule has 2 amide bonds. The third-order valence-corrected chi connectivity index (χ3v) is 5.64. The van der Waals surface area contributed by atoms with Crippen molar-refractivity contribution in [1.29, 1.82) is 0 Å². The number of aryl methyl sites for hydroxylation is 2. The van der Waals surface area contributed by atoms with E-state index < -0.39 is 0 Å². The van der Waals surface area contributed by atoms with Crippen LogP contribution in [-0.4, -0.2) is 39.6 Å². The average Bonchev–Trinajstić information content (AvgIpc) is 3.12. The van der Waals surface area contributed by atoms with E-state index >= 15 is 0 Å². The van der Waals surface area contributed by atoms with Crippen LogP contribution < -0.4 is 5.32 Å². The molecule has 0 saturated carbocycles. The van der Waals surface area contributed by atoms with Gasteiger partial charge in [-0.25, -0.2) is 0 Å². The minimum Gasteiger partial charge on any atom is -0.350 e. The van der Waals surface area contributed by atoms with Gasteiger partial charge in [0.15, 0.2) is 5.69 Å². The largest absolute Gasteiger partial charge is 0.350 e. The van der Waals surface area contributed by atoms with Gasteiger partial charge in [0.05, 0.1) is 0 Å². The van der Waals surface area contributed by atoms with Crippen LogP contribution in [-0.2, 0) is 19.5 Å². The SMILES string of the molecule is Cc1cccc(CN2CCCn3nc(C(=O)NCCc4ccc(Cl)cc4)cc3C2=O)c1. The standard InChI is InChI=1S/C24H25ClN4O2/c1-17-4-2-5-19(14-17)16-28-12-3-13-29-22(24(28)31)15-21(27-29)23(30)26-11-10-18-6-8-20(25)9-7-18/h2,4-9,14-15H,3,10-13,16H2,1H3,(H,26,30). The van der Waals surface area contributed by atoms with Crippen molar-refractivity contribution in [3.05, 3.63) is 87.7 Å². The summed E-state index contributed by atoms with van der Waals surface area (Å²) in [5.41, 5.74) is 4.10. The normalized spacial score (nSPS) is 13.6. The lowest BCUT2D eigenvalue weighted by molar-refractivity contribution is 0.0745. The van der Waals surface area contributed by atoms with E-state index in [4.69, 9.17) is 11.6 Å². The molecule has 0 bridgehead atoms.